The Balaban J connectivity index is 1.97. The second kappa shape index (κ2) is 5.63. The van der Waals surface area contributed by atoms with Crippen LogP contribution in [0.1, 0.15) is 57.8 Å². The molecule has 1 aromatic heterocycles. The Kier molecular flexibility index (Phi) is 4.15. The van der Waals surface area contributed by atoms with Crippen LogP contribution in [-0.2, 0) is 6.42 Å². The highest BCUT2D eigenvalue weighted by molar-refractivity contribution is 4.92. The summed E-state index contributed by atoms with van der Waals surface area (Å²) in [6.07, 6.45) is 9.15. The van der Waals surface area contributed by atoms with Gasteiger partial charge in [0.1, 0.15) is 12.2 Å². The molecule has 0 saturated heterocycles. The monoisotopic (exact) mass is 236 g/mol. The summed E-state index contributed by atoms with van der Waals surface area (Å²) in [5.41, 5.74) is 6.33. The van der Waals surface area contributed by atoms with Crippen LogP contribution >= 0.6 is 0 Å². The molecule has 4 nitrogen and oxygen atoms in total. The van der Waals surface area contributed by atoms with E-state index in [2.05, 4.69) is 23.9 Å². The van der Waals surface area contributed by atoms with E-state index in [1.54, 1.807) is 6.33 Å². The van der Waals surface area contributed by atoms with Crippen LogP contribution in [0, 0.1) is 5.92 Å². The highest BCUT2D eigenvalue weighted by Gasteiger charge is 2.22. The number of aromatic nitrogens is 3. The standard InChI is InChI=1S/C13H24N4/c1-10(2)17-13(15-9-16-17)8-12(14)11-6-4-3-5-7-11/h9-12H,3-8,14H2,1-2H3. The van der Waals surface area contributed by atoms with Crippen molar-refractivity contribution in [2.24, 2.45) is 11.7 Å². The van der Waals surface area contributed by atoms with Crippen molar-refractivity contribution in [1.82, 2.24) is 14.8 Å². The van der Waals surface area contributed by atoms with E-state index in [4.69, 9.17) is 5.73 Å². The molecule has 1 unspecified atom stereocenters. The quantitative estimate of drug-likeness (QED) is 0.872. The van der Waals surface area contributed by atoms with E-state index >= 15 is 0 Å². The first-order valence-corrected chi connectivity index (χ1v) is 6.82. The topological polar surface area (TPSA) is 56.7 Å². The molecule has 1 heterocycles. The van der Waals surface area contributed by atoms with Crippen molar-refractivity contribution in [2.45, 2.75) is 64.5 Å². The summed E-state index contributed by atoms with van der Waals surface area (Å²) >= 11 is 0. The Labute approximate surface area is 104 Å². The molecule has 0 amide bonds. The molecule has 1 aliphatic carbocycles. The van der Waals surface area contributed by atoms with Gasteiger partial charge in [-0.3, -0.25) is 0 Å². The van der Waals surface area contributed by atoms with E-state index in [1.165, 1.54) is 32.1 Å². The van der Waals surface area contributed by atoms with Gasteiger partial charge in [-0.2, -0.15) is 5.10 Å². The van der Waals surface area contributed by atoms with Gasteiger partial charge in [0.25, 0.3) is 0 Å². The number of nitrogens with two attached hydrogens (primary N) is 1. The molecular weight excluding hydrogens is 212 g/mol. The maximum Gasteiger partial charge on any atom is 0.138 e. The summed E-state index contributed by atoms with van der Waals surface area (Å²) in [6, 6.07) is 0.614. The molecule has 1 atom stereocenters. The van der Waals surface area contributed by atoms with Crippen LogP contribution < -0.4 is 5.73 Å². The molecule has 1 aliphatic rings. The Bertz CT molecular complexity index is 339. The molecule has 4 heteroatoms. The molecule has 1 saturated carbocycles. The fourth-order valence-electron chi connectivity index (χ4n) is 2.79. The number of hydrogen-bond donors (Lipinski definition) is 1. The zero-order chi connectivity index (χ0) is 12.3. The van der Waals surface area contributed by atoms with Crippen LogP contribution in [0.2, 0.25) is 0 Å². The Hall–Kier alpha value is -0.900. The zero-order valence-electron chi connectivity index (χ0n) is 11.0. The molecule has 2 rings (SSSR count). The Morgan fingerprint density at radius 1 is 1.35 bits per heavy atom. The smallest absolute Gasteiger partial charge is 0.138 e. The van der Waals surface area contributed by atoms with E-state index in [-0.39, 0.29) is 6.04 Å². The van der Waals surface area contributed by atoms with Gasteiger partial charge in [0.05, 0.1) is 0 Å². The largest absolute Gasteiger partial charge is 0.327 e. The van der Waals surface area contributed by atoms with Crippen molar-refractivity contribution in [1.29, 1.82) is 0 Å². The predicted octanol–water partition coefficient (Wildman–Crippen LogP) is 2.31. The molecule has 0 aliphatic heterocycles. The second-order valence-electron chi connectivity index (χ2n) is 5.48. The van der Waals surface area contributed by atoms with E-state index in [9.17, 15) is 0 Å². The van der Waals surface area contributed by atoms with Crippen LogP contribution in [0.3, 0.4) is 0 Å². The summed E-state index contributed by atoms with van der Waals surface area (Å²) in [6.45, 7) is 4.26. The maximum absolute atomic E-state index is 6.33. The molecule has 0 radical (unpaired) electrons. The van der Waals surface area contributed by atoms with Gasteiger partial charge in [0.15, 0.2) is 0 Å². The SMILES string of the molecule is CC(C)n1ncnc1CC(N)C1CCCCC1. The molecule has 1 aromatic rings. The van der Waals surface area contributed by atoms with Crippen molar-refractivity contribution in [3.8, 4) is 0 Å². The lowest BCUT2D eigenvalue weighted by atomic mass is 9.83. The summed E-state index contributed by atoms with van der Waals surface area (Å²) in [7, 11) is 0. The van der Waals surface area contributed by atoms with Gasteiger partial charge < -0.3 is 5.73 Å². The summed E-state index contributed by atoms with van der Waals surface area (Å²) < 4.78 is 1.99. The zero-order valence-corrected chi connectivity index (χ0v) is 11.0. The molecule has 0 spiro atoms. The van der Waals surface area contributed by atoms with Crippen molar-refractivity contribution in [2.75, 3.05) is 0 Å². The van der Waals surface area contributed by atoms with E-state index < -0.39 is 0 Å². The average molecular weight is 236 g/mol. The van der Waals surface area contributed by atoms with Gasteiger partial charge in [-0.25, -0.2) is 9.67 Å². The molecule has 17 heavy (non-hydrogen) atoms. The van der Waals surface area contributed by atoms with E-state index in [1.807, 2.05) is 4.68 Å². The lowest BCUT2D eigenvalue weighted by Crippen LogP contribution is -2.34. The van der Waals surface area contributed by atoms with Crippen molar-refractivity contribution >= 4 is 0 Å². The fraction of sp³-hybridized carbons (Fsp3) is 0.846. The molecule has 96 valence electrons. The van der Waals surface area contributed by atoms with Crippen LogP contribution in [0.5, 0.6) is 0 Å². The van der Waals surface area contributed by atoms with Gasteiger partial charge in [-0.1, -0.05) is 19.3 Å². The fourth-order valence-corrected chi connectivity index (χ4v) is 2.79. The van der Waals surface area contributed by atoms with Gasteiger partial charge in [-0.15, -0.1) is 0 Å². The van der Waals surface area contributed by atoms with Crippen LogP contribution in [0.4, 0.5) is 0 Å². The third-order valence-corrected chi connectivity index (χ3v) is 3.81. The third-order valence-electron chi connectivity index (χ3n) is 3.81. The lowest BCUT2D eigenvalue weighted by Gasteiger charge is -2.27. The minimum Gasteiger partial charge on any atom is -0.327 e. The van der Waals surface area contributed by atoms with E-state index in [0.29, 0.717) is 12.0 Å². The number of hydrogen-bond acceptors (Lipinski definition) is 3. The van der Waals surface area contributed by atoms with Crippen LogP contribution in [-0.4, -0.2) is 20.8 Å². The first kappa shape index (κ1) is 12.6. The number of nitrogens with zero attached hydrogens (tertiary/aromatic N) is 3. The highest BCUT2D eigenvalue weighted by Crippen LogP contribution is 2.26. The lowest BCUT2D eigenvalue weighted by molar-refractivity contribution is 0.297. The molecule has 0 bridgehead atoms. The minimum atomic E-state index is 0.247. The van der Waals surface area contributed by atoms with Crippen LogP contribution in [0.15, 0.2) is 6.33 Å². The third kappa shape index (κ3) is 3.06. The van der Waals surface area contributed by atoms with Gasteiger partial charge >= 0.3 is 0 Å². The minimum absolute atomic E-state index is 0.247. The summed E-state index contributed by atoms with van der Waals surface area (Å²) in [5, 5.41) is 4.26. The first-order chi connectivity index (χ1) is 8.18. The van der Waals surface area contributed by atoms with Gasteiger partial charge in [0.2, 0.25) is 0 Å². The molecule has 2 N–H and O–H groups in total. The van der Waals surface area contributed by atoms with Crippen molar-refractivity contribution < 1.29 is 0 Å². The van der Waals surface area contributed by atoms with Crippen LogP contribution in [0.25, 0.3) is 0 Å². The summed E-state index contributed by atoms with van der Waals surface area (Å²) in [4.78, 5) is 4.34. The predicted molar refractivity (Wildman–Crippen MR) is 68.7 cm³/mol. The van der Waals surface area contributed by atoms with Gasteiger partial charge in [0, 0.05) is 18.5 Å². The van der Waals surface area contributed by atoms with Crippen molar-refractivity contribution in [3.05, 3.63) is 12.2 Å². The van der Waals surface area contributed by atoms with E-state index in [0.717, 1.165) is 12.2 Å². The highest BCUT2D eigenvalue weighted by atomic mass is 15.3. The maximum atomic E-state index is 6.33. The molecule has 1 fully saturated rings. The average Bonchev–Trinajstić information content (AvgIpc) is 2.78. The Morgan fingerprint density at radius 3 is 2.71 bits per heavy atom. The van der Waals surface area contributed by atoms with Crippen molar-refractivity contribution in [3.63, 3.8) is 0 Å². The molecule has 0 aromatic carbocycles. The summed E-state index contributed by atoms with van der Waals surface area (Å²) in [5.74, 6) is 1.72. The van der Waals surface area contributed by atoms with Gasteiger partial charge in [-0.05, 0) is 32.6 Å². The first-order valence-electron chi connectivity index (χ1n) is 6.82. The normalized spacial score (nSPS) is 19.8. The molecular formula is C13H24N4. The Morgan fingerprint density at radius 2 is 2.06 bits per heavy atom. The number of rotatable bonds is 4. The second-order valence-corrected chi connectivity index (χ2v) is 5.48.